The minimum Gasteiger partial charge on any atom is -0.243 e. The predicted molar refractivity (Wildman–Crippen MR) is 91.1 cm³/mol. The lowest BCUT2D eigenvalue weighted by Gasteiger charge is -2.18. The zero-order valence-electron chi connectivity index (χ0n) is 13.8. The first-order chi connectivity index (χ1) is 11.4. The van der Waals surface area contributed by atoms with Crippen LogP contribution in [0.1, 0.15) is 36.1 Å². The largest absolute Gasteiger partial charge is 0.243 e. The van der Waals surface area contributed by atoms with E-state index in [1.165, 1.54) is 11.6 Å². The fourth-order valence-corrected chi connectivity index (χ4v) is 4.08. The normalized spacial score (nSPS) is 13.3. The summed E-state index contributed by atoms with van der Waals surface area (Å²) in [7, 11) is -3.75. The second kappa shape index (κ2) is 6.33. The van der Waals surface area contributed by atoms with Gasteiger partial charge >= 0.3 is 0 Å². The molecule has 0 aliphatic heterocycles. The minimum atomic E-state index is -3.75. The van der Waals surface area contributed by atoms with Crippen LogP contribution >= 0.6 is 0 Å². The highest BCUT2D eigenvalue weighted by Gasteiger charge is 2.24. The summed E-state index contributed by atoms with van der Waals surface area (Å²) >= 11 is 0. The molecule has 0 aliphatic carbocycles. The van der Waals surface area contributed by atoms with Crippen molar-refractivity contribution in [2.24, 2.45) is 0 Å². The van der Waals surface area contributed by atoms with E-state index in [1.807, 2.05) is 39.0 Å². The van der Waals surface area contributed by atoms with E-state index >= 15 is 0 Å². The van der Waals surface area contributed by atoms with Crippen LogP contribution in [0.2, 0.25) is 0 Å². The summed E-state index contributed by atoms with van der Waals surface area (Å²) in [5, 5.41) is 7.40. The fourth-order valence-electron chi connectivity index (χ4n) is 2.62. The van der Waals surface area contributed by atoms with Gasteiger partial charge in [0.05, 0.1) is 0 Å². The van der Waals surface area contributed by atoms with Crippen LogP contribution in [0.25, 0.3) is 11.0 Å². The summed E-state index contributed by atoms with van der Waals surface area (Å²) < 4.78 is 33.1. The first-order valence-electron chi connectivity index (χ1n) is 7.73. The maximum Gasteiger partial charge on any atom is 0.243 e. The maximum atomic E-state index is 12.8. The third-order valence-electron chi connectivity index (χ3n) is 4.18. The van der Waals surface area contributed by atoms with Crippen molar-refractivity contribution in [2.75, 3.05) is 0 Å². The molecular formula is C17H19N3O3S. The SMILES string of the molecule is CC[C@@H](NS(=O)(=O)c1cccc2nonc12)c1ccc(C)c(C)c1. The van der Waals surface area contributed by atoms with Crippen molar-refractivity contribution in [3.05, 3.63) is 53.1 Å². The predicted octanol–water partition coefficient (Wildman–Crippen LogP) is 3.27. The van der Waals surface area contributed by atoms with Gasteiger partial charge in [-0.25, -0.2) is 17.8 Å². The van der Waals surface area contributed by atoms with Gasteiger partial charge in [0.1, 0.15) is 10.4 Å². The highest BCUT2D eigenvalue weighted by molar-refractivity contribution is 7.89. The molecule has 3 rings (SSSR count). The minimum absolute atomic E-state index is 0.0727. The number of hydrogen-bond acceptors (Lipinski definition) is 5. The molecule has 2 aromatic carbocycles. The summed E-state index contributed by atoms with van der Waals surface area (Å²) in [6, 6.07) is 10.4. The van der Waals surface area contributed by atoms with Crippen LogP contribution in [0.5, 0.6) is 0 Å². The molecule has 1 aromatic heterocycles. The molecule has 0 aliphatic rings. The molecular weight excluding hydrogens is 326 g/mol. The number of benzene rings is 2. The van der Waals surface area contributed by atoms with Gasteiger partial charge in [0.15, 0.2) is 5.52 Å². The summed E-state index contributed by atoms with van der Waals surface area (Å²) in [6.07, 6.45) is 0.634. The molecule has 126 valence electrons. The van der Waals surface area contributed by atoms with Crippen LogP contribution in [0.4, 0.5) is 0 Å². The molecule has 0 bridgehead atoms. The van der Waals surface area contributed by atoms with Gasteiger partial charge < -0.3 is 0 Å². The lowest BCUT2D eigenvalue weighted by Crippen LogP contribution is -2.28. The fraction of sp³-hybridized carbons (Fsp3) is 0.294. The quantitative estimate of drug-likeness (QED) is 0.767. The Hall–Kier alpha value is -2.25. The Kier molecular flexibility index (Phi) is 4.38. The van der Waals surface area contributed by atoms with Crippen molar-refractivity contribution in [3.63, 3.8) is 0 Å². The standard InChI is InChI=1S/C17H19N3O3S/c1-4-14(13-9-8-11(2)12(3)10-13)20-24(21,22)16-7-5-6-15-17(16)19-23-18-15/h5-10,14,20H,4H2,1-3H3/t14-/m1/s1. The van der Waals surface area contributed by atoms with Crippen LogP contribution < -0.4 is 4.72 Å². The van der Waals surface area contributed by atoms with Crippen molar-refractivity contribution in [1.29, 1.82) is 0 Å². The summed E-state index contributed by atoms with van der Waals surface area (Å²) in [6.45, 7) is 5.99. The lowest BCUT2D eigenvalue weighted by atomic mass is 10.0. The van der Waals surface area contributed by atoms with E-state index in [-0.39, 0.29) is 16.5 Å². The van der Waals surface area contributed by atoms with Crippen molar-refractivity contribution >= 4 is 21.1 Å². The summed E-state index contributed by atoms with van der Waals surface area (Å²) in [5.74, 6) is 0. The van der Waals surface area contributed by atoms with Crippen molar-refractivity contribution in [3.8, 4) is 0 Å². The van der Waals surface area contributed by atoms with Crippen molar-refractivity contribution in [2.45, 2.75) is 38.1 Å². The maximum absolute atomic E-state index is 12.8. The molecule has 7 heteroatoms. The third kappa shape index (κ3) is 3.05. The molecule has 0 amide bonds. The molecule has 1 atom stereocenters. The molecule has 0 radical (unpaired) electrons. The Morgan fingerprint density at radius 2 is 1.92 bits per heavy atom. The van der Waals surface area contributed by atoms with Crippen LogP contribution in [0, 0.1) is 13.8 Å². The molecule has 0 saturated heterocycles. The van der Waals surface area contributed by atoms with E-state index in [0.717, 1.165) is 11.1 Å². The summed E-state index contributed by atoms with van der Waals surface area (Å²) in [4.78, 5) is 0.0727. The molecule has 3 aromatic rings. The number of hydrogen-bond donors (Lipinski definition) is 1. The van der Waals surface area contributed by atoms with Gasteiger partial charge in [0.25, 0.3) is 0 Å². The van der Waals surface area contributed by atoms with Crippen molar-refractivity contribution in [1.82, 2.24) is 15.0 Å². The number of nitrogens with zero attached hydrogens (tertiary/aromatic N) is 2. The number of fused-ring (bicyclic) bond motifs is 1. The average Bonchev–Trinajstić information content (AvgIpc) is 3.03. The van der Waals surface area contributed by atoms with Gasteiger partial charge in [-0.2, -0.15) is 0 Å². The highest BCUT2D eigenvalue weighted by Crippen LogP contribution is 2.25. The monoisotopic (exact) mass is 345 g/mol. The van der Waals surface area contributed by atoms with Gasteiger partial charge in [-0.15, -0.1) is 0 Å². The molecule has 1 heterocycles. The van der Waals surface area contributed by atoms with Gasteiger partial charge in [-0.3, -0.25) is 0 Å². The smallest absolute Gasteiger partial charge is 0.243 e. The molecule has 24 heavy (non-hydrogen) atoms. The molecule has 1 N–H and O–H groups in total. The molecule has 0 fully saturated rings. The van der Waals surface area contributed by atoms with Gasteiger partial charge in [0, 0.05) is 6.04 Å². The Morgan fingerprint density at radius 3 is 2.62 bits per heavy atom. The second-order valence-corrected chi connectivity index (χ2v) is 7.50. The Balaban J connectivity index is 1.97. The zero-order valence-corrected chi connectivity index (χ0v) is 14.6. The molecule has 0 unspecified atom stereocenters. The van der Waals surface area contributed by atoms with E-state index in [2.05, 4.69) is 19.7 Å². The number of rotatable bonds is 5. The van der Waals surface area contributed by atoms with E-state index in [1.54, 1.807) is 12.1 Å². The molecule has 0 saturated carbocycles. The number of nitrogens with one attached hydrogen (secondary N) is 1. The van der Waals surface area contributed by atoms with Gasteiger partial charge in [0.2, 0.25) is 10.0 Å². The first-order valence-corrected chi connectivity index (χ1v) is 9.21. The van der Waals surface area contributed by atoms with Crippen LogP contribution in [-0.4, -0.2) is 18.7 Å². The molecule has 6 nitrogen and oxygen atoms in total. The van der Waals surface area contributed by atoms with Crippen LogP contribution in [0.15, 0.2) is 45.9 Å². The van der Waals surface area contributed by atoms with E-state index in [9.17, 15) is 8.42 Å². The first kappa shape index (κ1) is 16.6. The number of sulfonamides is 1. The van der Waals surface area contributed by atoms with Crippen molar-refractivity contribution < 1.29 is 13.0 Å². The lowest BCUT2D eigenvalue weighted by molar-refractivity contribution is 0.315. The zero-order chi connectivity index (χ0) is 17.3. The van der Waals surface area contributed by atoms with Crippen LogP contribution in [0.3, 0.4) is 0 Å². The topological polar surface area (TPSA) is 85.1 Å². The Labute approximate surface area is 140 Å². The third-order valence-corrected chi connectivity index (χ3v) is 5.68. The summed E-state index contributed by atoms with van der Waals surface area (Å²) in [5.41, 5.74) is 3.90. The van der Waals surface area contributed by atoms with Gasteiger partial charge in [-0.1, -0.05) is 31.2 Å². The van der Waals surface area contributed by atoms with E-state index in [4.69, 9.17) is 0 Å². The van der Waals surface area contributed by atoms with E-state index in [0.29, 0.717) is 11.9 Å². The Bertz CT molecular complexity index is 980. The molecule has 0 spiro atoms. The Morgan fingerprint density at radius 1 is 1.12 bits per heavy atom. The van der Waals surface area contributed by atoms with Crippen LogP contribution in [-0.2, 0) is 10.0 Å². The second-order valence-electron chi connectivity index (χ2n) is 5.81. The highest BCUT2D eigenvalue weighted by atomic mass is 32.2. The average molecular weight is 345 g/mol. The van der Waals surface area contributed by atoms with Gasteiger partial charge in [-0.05, 0) is 59.4 Å². The number of aromatic nitrogens is 2. The van der Waals surface area contributed by atoms with E-state index < -0.39 is 10.0 Å². The number of aryl methyl sites for hydroxylation is 2.